The SMILES string of the molecule is CCCOc1nnc(NCc2ccc3c(-c4cccc(C(N)=S)c4)cn(C4CCN(S(C)(=O)=O)CC4)c3c2)s1. The summed E-state index contributed by atoms with van der Waals surface area (Å²) in [6.45, 7) is 4.28. The third kappa shape index (κ3) is 6.24. The Bertz CT molecular complexity index is 1590. The average Bonchev–Trinajstić information content (AvgIpc) is 3.55. The molecule has 0 amide bonds. The van der Waals surface area contributed by atoms with Crippen molar-refractivity contribution in [1.29, 1.82) is 0 Å². The van der Waals surface area contributed by atoms with Crippen molar-refractivity contribution >= 4 is 54.6 Å². The highest BCUT2D eigenvalue weighted by molar-refractivity contribution is 7.88. The molecular weight excluding hydrogens is 553 g/mol. The maximum Gasteiger partial charge on any atom is 0.295 e. The van der Waals surface area contributed by atoms with Crippen molar-refractivity contribution in [3.8, 4) is 16.3 Å². The molecule has 1 aliphatic rings. The predicted molar refractivity (Wildman–Crippen MR) is 161 cm³/mol. The zero-order valence-corrected chi connectivity index (χ0v) is 24.4. The molecule has 206 valence electrons. The van der Waals surface area contributed by atoms with Gasteiger partial charge < -0.3 is 20.4 Å². The second-order valence-electron chi connectivity index (χ2n) is 9.71. The molecule has 1 saturated heterocycles. The van der Waals surface area contributed by atoms with Gasteiger partial charge in [-0.15, -0.1) is 5.10 Å². The quantitative estimate of drug-likeness (QED) is 0.256. The van der Waals surface area contributed by atoms with Crippen LogP contribution in [0.1, 0.15) is 43.4 Å². The van der Waals surface area contributed by atoms with E-state index in [1.165, 1.54) is 17.6 Å². The lowest BCUT2D eigenvalue weighted by molar-refractivity contribution is 0.279. The maximum absolute atomic E-state index is 12.1. The number of nitrogens with one attached hydrogen (secondary N) is 1. The molecule has 1 fully saturated rings. The van der Waals surface area contributed by atoms with Gasteiger partial charge in [0.2, 0.25) is 15.2 Å². The van der Waals surface area contributed by atoms with E-state index < -0.39 is 10.0 Å². The molecule has 0 spiro atoms. The molecule has 0 saturated carbocycles. The van der Waals surface area contributed by atoms with Crippen LogP contribution in [0.3, 0.4) is 0 Å². The summed E-state index contributed by atoms with van der Waals surface area (Å²) in [6.07, 6.45) is 5.87. The van der Waals surface area contributed by atoms with Crippen molar-refractivity contribution < 1.29 is 13.2 Å². The van der Waals surface area contributed by atoms with E-state index >= 15 is 0 Å². The summed E-state index contributed by atoms with van der Waals surface area (Å²) in [7, 11) is -3.20. The molecule has 1 aliphatic heterocycles. The van der Waals surface area contributed by atoms with Crippen LogP contribution < -0.4 is 15.8 Å². The lowest BCUT2D eigenvalue weighted by atomic mass is 10.0. The molecule has 4 aromatic rings. The van der Waals surface area contributed by atoms with Gasteiger partial charge in [-0.1, -0.05) is 54.6 Å². The van der Waals surface area contributed by atoms with Crippen LogP contribution in [0.4, 0.5) is 5.13 Å². The number of nitrogens with zero attached hydrogens (tertiary/aromatic N) is 4. The van der Waals surface area contributed by atoms with Crippen molar-refractivity contribution in [2.24, 2.45) is 5.73 Å². The van der Waals surface area contributed by atoms with Crippen molar-refractivity contribution in [3.05, 3.63) is 59.8 Å². The summed E-state index contributed by atoms with van der Waals surface area (Å²) < 4.78 is 33.6. The highest BCUT2D eigenvalue weighted by atomic mass is 32.2. The monoisotopic (exact) mass is 584 g/mol. The predicted octanol–water partition coefficient (Wildman–Crippen LogP) is 4.79. The minimum Gasteiger partial charge on any atom is -0.469 e. The topological polar surface area (TPSA) is 115 Å². The Labute approximate surface area is 238 Å². The number of sulfonamides is 1. The number of piperidine rings is 1. The number of nitrogens with two attached hydrogens (primary N) is 1. The Kier molecular flexibility index (Phi) is 8.17. The van der Waals surface area contributed by atoms with Gasteiger partial charge in [-0.2, -0.15) is 0 Å². The second kappa shape index (κ2) is 11.6. The molecule has 9 nitrogen and oxygen atoms in total. The summed E-state index contributed by atoms with van der Waals surface area (Å²) in [4.78, 5) is 0.363. The average molecular weight is 585 g/mol. The molecule has 0 atom stereocenters. The van der Waals surface area contributed by atoms with E-state index in [1.54, 1.807) is 4.31 Å². The normalized spacial score (nSPS) is 15.0. The first-order valence-corrected chi connectivity index (χ1v) is 16.0. The molecule has 0 aliphatic carbocycles. The number of hydrogen-bond acceptors (Lipinski definition) is 8. The molecule has 0 radical (unpaired) electrons. The van der Waals surface area contributed by atoms with Gasteiger partial charge in [-0.05, 0) is 53.9 Å². The van der Waals surface area contributed by atoms with Gasteiger partial charge in [0, 0.05) is 53.9 Å². The van der Waals surface area contributed by atoms with Crippen molar-refractivity contribution in [2.75, 3.05) is 31.3 Å². The largest absolute Gasteiger partial charge is 0.469 e. The molecule has 2 aromatic heterocycles. The van der Waals surface area contributed by atoms with Gasteiger partial charge in [0.25, 0.3) is 5.19 Å². The van der Waals surface area contributed by atoms with E-state index in [0.29, 0.717) is 41.6 Å². The highest BCUT2D eigenvalue weighted by Gasteiger charge is 2.27. The Morgan fingerprint density at radius 3 is 2.72 bits per heavy atom. The number of thiocarbonyl (C=S) groups is 1. The molecule has 12 heteroatoms. The summed E-state index contributed by atoms with van der Waals surface area (Å²) in [5.74, 6) is 0. The molecule has 39 heavy (non-hydrogen) atoms. The molecular formula is C27H32N6O3S3. The summed E-state index contributed by atoms with van der Waals surface area (Å²) in [6, 6.07) is 14.6. The Balaban J connectivity index is 1.46. The van der Waals surface area contributed by atoms with Gasteiger partial charge in [0.1, 0.15) is 4.99 Å². The van der Waals surface area contributed by atoms with Crippen molar-refractivity contribution in [3.63, 3.8) is 0 Å². The number of aromatic nitrogens is 3. The second-order valence-corrected chi connectivity index (χ2v) is 13.1. The summed E-state index contributed by atoms with van der Waals surface area (Å²) >= 11 is 6.61. The van der Waals surface area contributed by atoms with Crippen LogP contribution >= 0.6 is 23.6 Å². The lowest BCUT2D eigenvalue weighted by Gasteiger charge is -2.31. The van der Waals surface area contributed by atoms with E-state index in [4.69, 9.17) is 22.7 Å². The van der Waals surface area contributed by atoms with Gasteiger partial charge in [-0.3, -0.25) is 0 Å². The van der Waals surface area contributed by atoms with E-state index in [1.807, 2.05) is 18.2 Å². The van der Waals surface area contributed by atoms with Crippen LogP contribution in [0.2, 0.25) is 0 Å². The van der Waals surface area contributed by atoms with Gasteiger partial charge in [0.05, 0.1) is 12.9 Å². The van der Waals surface area contributed by atoms with Gasteiger partial charge in [-0.25, -0.2) is 12.7 Å². The smallest absolute Gasteiger partial charge is 0.295 e. The van der Waals surface area contributed by atoms with E-state index in [2.05, 4.69) is 57.5 Å². The molecule has 0 bridgehead atoms. The number of rotatable bonds is 10. The number of hydrogen-bond donors (Lipinski definition) is 2. The van der Waals surface area contributed by atoms with Crippen molar-refractivity contribution in [1.82, 2.24) is 19.1 Å². The molecule has 0 unspecified atom stereocenters. The van der Waals surface area contributed by atoms with E-state index in [9.17, 15) is 8.42 Å². The Hall–Kier alpha value is -3.06. The number of anilines is 1. The van der Waals surface area contributed by atoms with E-state index in [0.717, 1.165) is 52.4 Å². The van der Waals surface area contributed by atoms with Crippen LogP contribution in [0.15, 0.2) is 48.7 Å². The fourth-order valence-corrected chi connectivity index (χ4v) is 6.55. The lowest BCUT2D eigenvalue weighted by Crippen LogP contribution is -2.38. The fourth-order valence-electron chi connectivity index (χ4n) is 4.94. The standard InChI is InChI=1S/C27H32N6O3S3/c1-3-13-36-27-31-30-26(38-27)29-16-18-7-8-22-23(19-5-4-6-20(15-19)25(28)37)17-33(24(22)14-18)21-9-11-32(12-10-21)39(2,34)35/h4-8,14-15,17,21H,3,9-13,16H2,1-2H3,(H2,28,37)(H,29,30). The number of fused-ring (bicyclic) bond motifs is 1. The first-order chi connectivity index (χ1) is 18.7. The zero-order valence-electron chi connectivity index (χ0n) is 22.0. The van der Waals surface area contributed by atoms with E-state index in [-0.39, 0.29) is 6.04 Å². The Morgan fingerprint density at radius 1 is 1.21 bits per heavy atom. The van der Waals surface area contributed by atoms with Crippen LogP contribution in [0.25, 0.3) is 22.0 Å². The van der Waals surface area contributed by atoms with Gasteiger partial charge >= 0.3 is 0 Å². The minimum atomic E-state index is -3.20. The number of ether oxygens (including phenoxy) is 1. The van der Waals surface area contributed by atoms with Crippen LogP contribution in [-0.2, 0) is 16.6 Å². The summed E-state index contributed by atoms with van der Waals surface area (Å²) in [5, 5.41) is 14.0. The molecule has 2 aromatic carbocycles. The maximum atomic E-state index is 12.1. The molecule has 3 heterocycles. The zero-order chi connectivity index (χ0) is 27.6. The summed E-state index contributed by atoms with van der Waals surface area (Å²) in [5.41, 5.74) is 11.1. The first-order valence-electron chi connectivity index (χ1n) is 12.9. The highest BCUT2D eigenvalue weighted by Crippen LogP contribution is 2.37. The first kappa shape index (κ1) is 27.5. The fraction of sp³-hybridized carbons (Fsp3) is 0.370. The van der Waals surface area contributed by atoms with Gasteiger partial charge in [0.15, 0.2) is 0 Å². The van der Waals surface area contributed by atoms with Crippen LogP contribution in [0.5, 0.6) is 5.19 Å². The third-order valence-corrected chi connectivity index (χ3v) is 9.25. The minimum absolute atomic E-state index is 0.183. The molecule has 3 N–H and O–H groups in total. The third-order valence-electron chi connectivity index (χ3n) is 6.92. The molecule has 5 rings (SSSR count). The van der Waals surface area contributed by atoms with Crippen LogP contribution in [-0.4, -0.2) is 58.4 Å². The van der Waals surface area contributed by atoms with Crippen molar-refractivity contribution in [2.45, 2.75) is 38.8 Å². The Morgan fingerprint density at radius 2 is 2.00 bits per heavy atom. The number of benzene rings is 2. The van der Waals surface area contributed by atoms with Crippen LogP contribution in [0, 0.1) is 0 Å².